The molecule has 1 aliphatic heterocycles. The first-order valence-corrected chi connectivity index (χ1v) is 8.11. The molecule has 2 heteroatoms. The Morgan fingerprint density at radius 1 is 1.20 bits per heavy atom. The molecule has 0 radical (unpaired) electrons. The summed E-state index contributed by atoms with van der Waals surface area (Å²) < 4.78 is 0. The second-order valence-electron chi connectivity index (χ2n) is 6.59. The molecule has 1 aliphatic rings. The predicted molar refractivity (Wildman–Crippen MR) is 87.0 cm³/mol. The van der Waals surface area contributed by atoms with Crippen molar-refractivity contribution in [2.24, 2.45) is 5.92 Å². The molecule has 20 heavy (non-hydrogen) atoms. The first-order valence-electron chi connectivity index (χ1n) is 8.11. The number of hydrogen-bond acceptors (Lipinski definition) is 2. The van der Waals surface area contributed by atoms with Gasteiger partial charge in [-0.15, -0.1) is 0 Å². The van der Waals surface area contributed by atoms with Crippen molar-refractivity contribution in [2.75, 3.05) is 19.6 Å². The fraction of sp³-hybridized carbons (Fsp3) is 0.667. The molecule has 112 valence electrons. The van der Waals surface area contributed by atoms with E-state index < -0.39 is 0 Å². The van der Waals surface area contributed by atoms with Crippen molar-refractivity contribution in [2.45, 2.75) is 52.6 Å². The zero-order chi connectivity index (χ0) is 14.5. The number of nitrogens with zero attached hydrogens (tertiary/aromatic N) is 1. The monoisotopic (exact) mass is 274 g/mol. The highest BCUT2D eigenvalue weighted by Crippen LogP contribution is 2.25. The summed E-state index contributed by atoms with van der Waals surface area (Å²) in [7, 11) is 0. The lowest BCUT2D eigenvalue weighted by Gasteiger charge is -2.37. The average Bonchev–Trinajstić information content (AvgIpc) is 2.45. The molecule has 0 spiro atoms. The fourth-order valence-electron chi connectivity index (χ4n) is 3.23. The maximum absolute atomic E-state index is 3.54. The highest BCUT2D eigenvalue weighted by molar-refractivity contribution is 5.23. The quantitative estimate of drug-likeness (QED) is 0.879. The molecule has 1 aromatic carbocycles. The van der Waals surface area contributed by atoms with Crippen LogP contribution in [0.2, 0.25) is 0 Å². The van der Waals surface area contributed by atoms with Gasteiger partial charge in [0.1, 0.15) is 0 Å². The molecule has 2 nitrogen and oxygen atoms in total. The Balaban J connectivity index is 2.04. The standard InChI is InChI=1S/C18H30N2/c1-14(2)20(13-17-6-5-11-19-12-17)16(4)18-9-7-15(3)8-10-18/h7-10,14,16-17,19H,5-6,11-13H2,1-4H3. The number of nitrogens with one attached hydrogen (secondary N) is 1. The summed E-state index contributed by atoms with van der Waals surface area (Å²) in [6.07, 6.45) is 2.70. The van der Waals surface area contributed by atoms with E-state index in [4.69, 9.17) is 0 Å². The van der Waals surface area contributed by atoms with E-state index in [2.05, 4.69) is 62.2 Å². The van der Waals surface area contributed by atoms with E-state index in [-0.39, 0.29) is 0 Å². The maximum Gasteiger partial charge on any atom is 0.0322 e. The van der Waals surface area contributed by atoms with Gasteiger partial charge in [-0.3, -0.25) is 4.90 Å². The Kier molecular flexibility index (Phi) is 5.62. The second kappa shape index (κ2) is 7.24. The molecule has 0 bridgehead atoms. The van der Waals surface area contributed by atoms with Crippen LogP contribution in [0.3, 0.4) is 0 Å². The van der Waals surface area contributed by atoms with E-state index in [0.29, 0.717) is 12.1 Å². The number of aryl methyl sites for hydroxylation is 1. The van der Waals surface area contributed by atoms with E-state index in [1.54, 1.807) is 0 Å². The van der Waals surface area contributed by atoms with Gasteiger partial charge in [0, 0.05) is 18.6 Å². The van der Waals surface area contributed by atoms with Crippen molar-refractivity contribution >= 4 is 0 Å². The van der Waals surface area contributed by atoms with Crippen molar-refractivity contribution < 1.29 is 0 Å². The van der Waals surface area contributed by atoms with Crippen LogP contribution in [0.25, 0.3) is 0 Å². The number of benzene rings is 1. The lowest BCUT2D eigenvalue weighted by atomic mass is 9.96. The van der Waals surface area contributed by atoms with Gasteiger partial charge in [-0.05, 0) is 65.1 Å². The second-order valence-corrected chi connectivity index (χ2v) is 6.59. The summed E-state index contributed by atoms with van der Waals surface area (Å²) in [6.45, 7) is 12.7. The molecule has 0 saturated carbocycles. The summed E-state index contributed by atoms with van der Waals surface area (Å²) in [5.41, 5.74) is 2.78. The Bertz CT molecular complexity index is 390. The van der Waals surface area contributed by atoms with Crippen LogP contribution < -0.4 is 5.32 Å². The molecule has 2 rings (SSSR count). The zero-order valence-electron chi connectivity index (χ0n) is 13.5. The predicted octanol–water partition coefficient (Wildman–Crippen LogP) is 3.77. The van der Waals surface area contributed by atoms with Crippen LogP contribution in [0.15, 0.2) is 24.3 Å². The van der Waals surface area contributed by atoms with Crippen molar-refractivity contribution in [3.05, 3.63) is 35.4 Å². The molecule has 2 atom stereocenters. The first-order chi connectivity index (χ1) is 9.58. The van der Waals surface area contributed by atoms with E-state index in [0.717, 1.165) is 5.92 Å². The lowest BCUT2D eigenvalue weighted by Crippen LogP contribution is -2.42. The largest absolute Gasteiger partial charge is 0.316 e. The molecule has 1 N–H and O–H groups in total. The van der Waals surface area contributed by atoms with Gasteiger partial charge in [0.2, 0.25) is 0 Å². The van der Waals surface area contributed by atoms with Crippen LogP contribution in [0.5, 0.6) is 0 Å². The number of rotatable bonds is 5. The summed E-state index contributed by atoms with van der Waals surface area (Å²) in [6, 6.07) is 10.1. The number of hydrogen-bond donors (Lipinski definition) is 1. The van der Waals surface area contributed by atoms with Crippen molar-refractivity contribution in [1.82, 2.24) is 10.2 Å². The van der Waals surface area contributed by atoms with Gasteiger partial charge in [-0.1, -0.05) is 29.8 Å². The third-order valence-corrected chi connectivity index (χ3v) is 4.59. The van der Waals surface area contributed by atoms with Crippen LogP contribution in [0.1, 0.15) is 50.8 Å². The third kappa shape index (κ3) is 4.07. The molecule has 0 amide bonds. The Morgan fingerprint density at radius 2 is 1.90 bits per heavy atom. The van der Waals surface area contributed by atoms with Gasteiger partial charge in [0.25, 0.3) is 0 Å². The third-order valence-electron chi connectivity index (χ3n) is 4.59. The van der Waals surface area contributed by atoms with Crippen LogP contribution in [0, 0.1) is 12.8 Å². The summed E-state index contributed by atoms with van der Waals surface area (Å²) in [5.74, 6) is 0.805. The van der Waals surface area contributed by atoms with Crippen LogP contribution in [0.4, 0.5) is 0 Å². The van der Waals surface area contributed by atoms with Gasteiger partial charge in [-0.2, -0.15) is 0 Å². The van der Waals surface area contributed by atoms with Crippen LogP contribution in [-0.2, 0) is 0 Å². The normalized spacial score (nSPS) is 21.4. The molecule has 1 aromatic rings. The van der Waals surface area contributed by atoms with Crippen molar-refractivity contribution in [1.29, 1.82) is 0 Å². The summed E-state index contributed by atoms with van der Waals surface area (Å²) >= 11 is 0. The molecule has 2 unspecified atom stereocenters. The Labute approximate surface area is 124 Å². The molecule has 0 aromatic heterocycles. The zero-order valence-corrected chi connectivity index (χ0v) is 13.5. The first kappa shape index (κ1) is 15.5. The Morgan fingerprint density at radius 3 is 2.45 bits per heavy atom. The smallest absolute Gasteiger partial charge is 0.0322 e. The average molecular weight is 274 g/mol. The van der Waals surface area contributed by atoms with E-state index >= 15 is 0 Å². The number of piperidine rings is 1. The molecule has 1 heterocycles. The highest BCUT2D eigenvalue weighted by Gasteiger charge is 2.23. The molecule has 0 aliphatic carbocycles. The summed E-state index contributed by atoms with van der Waals surface area (Å²) in [5, 5.41) is 3.54. The topological polar surface area (TPSA) is 15.3 Å². The van der Waals surface area contributed by atoms with Crippen molar-refractivity contribution in [3.63, 3.8) is 0 Å². The van der Waals surface area contributed by atoms with Crippen molar-refractivity contribution in [3.8, 4) is 0 Å². The van der Waals surface area contributed by atoms with Gasteiger partial charge in [0.15, 0.2) is 0 Å². The highest BCUT2D eigenvalue weighted by atomic mass is 15.2. The Hall–Kier alpha value is -0.860. The molecular weight excluding hydrogens is 244 g/mol. The van der Waals surface area contributed by atoms with E-state index in [9.17, 15) is 0 Å². The van der Waals surface area contributed by atoms with E-state index in [1.165, 1.54) is 43.6 Å². The molecule has 1 saturated heterocycles. The maximum atomic E-state index is 3.54. The summed E-state index contributed by atoms with van der Waals surface area (Å²) in [4.78, 5) is 2.66. The fourth-order valence-corrected chi connectivity index (χ4v) is 3.23. The molecule has 1 fully saturated rings. The van der Waals surface area contributed by atoms with Crippen LogP contribution in [-0.4, -0.2) is 30.6 Å². The SMILES string of the molecule is Cc1ccc(C(C)N(CC2CCCNC2)C(C)C)cc1. The minimum Gasteiger partial charge on any atom is -0.316 e. The molecular formula is C18H30N2. The van der Waals surface area contributed by atoms with E-state index in [1.807, 2.05) is 0 Å². The van der Waals surface area contributed by atoms with Gasteiger partial charge < -0.3 is 5.32 Å². The van der Waals surface area contributed by atoms with Crippen LogP contribution >= 0.6 is 0 Å². The minimum atomic E-state index is 0.498. The van der Waals surface area contributed by atoms with Gasteiger partial charge in [-0.25, -0.2) is 0 Å². The van der Waals surface area contributed by atoms with Gasteiger partial charge in [0.05, 0.1) is 0 Å². The van der Waals surface area contributed by atoms with Gasteiger partial charge >= 0.3 is 0 Å². The minimum absolute atomic E-state index is 0.498. The lowest BCUT2D eigenvalue weighted by molar-refractivity contribution is 0.127.